The minimum absolute atomic E-state index is 0.0174. The lowest BCUT2D eigenvalue weighted by molar-refractivity contribution is -0.158. The monoisotopic (exact) mass is 753 g/mol. The van der Waals surface area contributed by atoms with Crippen molar-refractivity contribution in [3.8, 4) is 0 Å². The quantitative estimate of drug-likeness (QED) is 0.0939. The van der Waals surface area contributed by atoms with Crippen molar-refractivity contribution >= 4 is 29.6 Å². The maximum Gasteiger partial charge on any atom is 0.331 e. The van der Waals surface area contributed by atoms with Crippen LogP contribution < -0.4 is 11.5 Å². The van der Waals surface area contributed by atoms with E-state index in [1.807, 2.05) is 63.3 Å². The average Bonchev–Trinajstić information content (AvgIpc) is 3.31. The fourth-order valence-corrected chi connectivity index (χ4v) is 13.6. The molecule has 6 aliphatic carbocycles. The molecule has 3 saturated carbocycles. The van der Waals surface area contributed by atoms with E-state index in [0.29, 0.717) is 30.4 Å². The third kappa shape index (κ3) is 5.52. The number of aliphatic hydroxyl groups excluding tert-OH is 3. The Bertz CT molecular complexity index is 1910. The smallest absolute Gasteiger partial charge is 0.331 e. The number of guanidine groups is 1. The molecule has 0 aromatic heterocycles. The lowest BCUT2D eigenvalue weighted by Crippen LogP contribution is -2.66. The molecule has 0 unspecified atom stereocenters. The molecule has 0 saturated heterocycles. The molecule has 1 aromatic carbocycles. The van der Waals surface area contributed by atoms with E-state index in [1.165, 1.54) is 13.0 Å². The number of carboxylic acid groups (broad SMARTS) is 1. The Morgan fingerprint density at radius 1 is 1.02 bits per heavy atom. The second-order valence-electron chi connectivity index (χ2n) is 18.5. The molecule has 55 heavy (non-hydrogen) atoms. The van der Waals surface area contributed by atoms with E-state index in [-0.39, 0.29) is 41.9 Å². The van der Waals surface area contributed by atoms with Crippen molar-refractivity contribution in [2.75, 3.05) is 0 Å². The molecule has 3 fully saturated rings. The van der Waals surface area contributed by atoms with Crippen molar-refractivity contribution in [1.29, 1.82) is 0 Å². The molecule has 0 radical (unpaired) electrons. The van der Waals surface area contributed by atoms with Gasteiger partial charge in [0.2, 0.25) is 0 Å². The molecule has 3 spiro atoms. The third-order valence-corrected chi connectivity index (χ3v) is 15.9. The van der Waals surface area contributed by atoms with Gasteiger partial charge in [0.1, 0.15) is 5.78 Å². The molecule has 10 heteroatoms. The van der Waals surface area contributed by atoms with E-state index in [9.17, 15) is 30.0 Å². The van der Waals surface area contributed by atoms with Crippen LogP contribution in [0.5, 0.6) is 0 Å². The zero-order chi connectivity index (χ0) is 39.9. The molecule has 8 N–H and O–H groups in total. The summed E-state index contributed by atoms with van der Waals surface area (Å²) in [6.45, 7) is 9.49. The van der Waals surface area contributed by atoms with Crippen molar-refractivity contribution in [3.05, 3.63) is 76.9 Å². The number of aliphatic hydroxyl groups is 3. The van der Waals surface area contributed by atoms with Crippen LogP contribution in [0.1, 0.15) is 98.0 Å². The number of rotatable bonds is 6. The van der Waals surface area contributed by atoms with E-state index >= 15 is 4.79 Å². The van der Waals surface area contributed by atoms with E-state index in [4.69, 9.17) is 11.5 Å². The summed E-state index contributed by atoms with van der Waals surface area (Å²) in [6, 6.07) is 9.20. The molecule has 296 valence electrons. The summed E-state index contributed by atoms with van der Waals surface area (Å²) in [5.74, 6) is -3.16. The number of ketones is 2. The summed E-state index contributed by atoms with van der Waals surface area (Å²) in [4.78, 5) is 45.8. The maximum atomic E-state index is 15.5. The number of benzene rings is 1. The van der Waals surface area contributed by atoms with Gasteiger partial charge in [-0.25, -0.2) is 9.79 Å². The number of aliphatic carboxylic acids is 1. The summed E-state index contributed by atoms with van der Waals surface area (Å²) in [7, 11) is 0. The molecular weight excluding hydrogens is 695 g/mol. The molecule has 0 aliphatic heterocycles. The van der Waals surface area contributed by atoms with Crippen molar-refractivity contribution < 1.29 is 34.8 Å². The van der Waals surface area contributed by atoms with E-state index in [1.54, 1.807) is 0 Å². The van der Waals surface area contributed by atoms with Crippen LogP contribution >= 0.6 is 0 Å². The second kappa shape index (κ2) is 13.7. The molecular formula is C45H59N3O7. The highest BCUT2D eigenvalue weighted by Gasteiger charge is 2.77. The molecule has 6 aliphatic rings. The predicted octanol–water partition coefficient (Wildman–Crippen LogP) is 5.52. The van der Waals surface area contributed by atoms with Gasteiger partial charge in [0.15, 0.2) is 11.7 Å². The highest BCUT2D eigenvalue weighted by Crippen LogP contribution is 2.79. The highest BCUT2D eigenvalue weighted by molar-refractivity contribution is 6.01. The number of hydrogen-bond donors (Lipinski definition) is 6. The van der Waals surface area contributed by atoms with Gasteiger partial charge in [-0.3, -0.25) is 9.59 Å². The first-order valence-electron chi connectivity index (χ1n) is 20.2. The molecule has 0 amide bonds. The Morgan fingerprint density at radius 2 is 1.71 bits per heavy atom. The number of nitrogens with two attached hydrogens (primary N) is 2. The summed E-state index contributed by atoms with van der Waals surface area (Å²) < 4.78 is 0. The Balaban J connectivity index is 1.48. The molecule has 2 bridgehead atoms. The molecule has 0 heterocycles. The Labute approximate surface area is 324 Å². The van der Waals surface area contributed by atoms with Gasteiger partial charge >= 0.3 is 5.97 Å². The first-order valence-corrected chi connectivity index (χ1v) is 20.2. The van der Waals surface area contributed by atoms with Crippen LogP contribution in [0.25, 0.3) is 6.08 Å². The van der Waals surface area contributed by atoms with Gasteiger partial charge in [-0.05, 0) is 67.1 Å². The SMILES string of the molecule is C/C(=C\[C@@H](O)[C@@H]1[C@@H](C)[C@@]2(C=C[C@H]1N=C(N)N)C[C@H](O)[C@@]1(C)C3=C4C(=O)C[C@]21CCCCC[C@@]41CCC(=O)C(C)(C)[C@H]1[C@H](/C=C/c1ccccc1)[C@H]3O)C(=O)O. The first-order chi connectivity index (χ1) is 25.9. The van der Waals surface area contributed by atoms with Gasteiger partial charge < -0.3 is 31.9 Å². The van der Waals surface area contributed by atoms with E-state index < -0.39 is 75.2 Å². The maximum absolute atomic E-state index is 15.5. The number of nitrogens with zero attached hydrogens (tertiary/aromatic N) is 1. The Hall–Kier alpha value is -3.86. The lowest BCUT2D eigenvalue weighted by Gasteiger charge is -2.66. The van der Waals surface area contributed by atoms with E-state index in [0.717, 1.165) is 31.2 Å². The summed E-state index contributed by atoms with van der Waals surface area (Å²) in [5, 5.41) is 47.5. The minimum Gasteiger partial charge on any atom is -0.478 e. The van der Waals surface area contributed by atoms with Crippen LogP contribution in [0.15, 0.2) is 76.3 Å². The van der Waals surface area contributed by atoms with Crippen LogP contribution in [0.4, 0.5) is 0 Å². The van der Waals surface area contributed by atoms with Crippen molar-refractivity contribution in [3.63, 3.8) is 0 Å². The predicted molar refractivity (Wildman–Crippen MR) is 211 cm³/mol. The van der Waals surface area contributed by atoms with Gasteiger partial charge in [0.05, 0.1) is 24.4 Å². The molecule has 1 aromatic rings. The van der Waals surface area contributed by atoms with Gasteiger partial charge in [-0.1, -0.05) is 102 Å². The van der Waals surface area contributed by atoms with Crippen molar-refractivity contribution in [1.82, 2.24) is 0 Å². The van der Waals surface area contributed by atoms with Gasteiger partial charge in [0, 0.05) is 57.5 Å². The largest absolute Gasteiger partial charge is 0.478 e. The van der Waals surface area contributed by atoms with Crippen LogP contribution in [-0.2, 0) is 14.4 Å². The number of carbonyl (C=O) groups excluding carboxylic acids is 2. The molecule has 7 rings (SSSR count). The number of fused-ring (bicyclic) bond motifs is 2. The van der Waals surface area contributed by atoms with Crippen LogP contribution in [0, 0.1) is 50.7 Å². The van der Waals surface area contributed by atoms with E-state index in [2.05, 4.69) is 24.1 Å². The second-order valence-corrected chi connectivity index (χ2v) is 18.5. The van der Waals surface area contributed by atoms with Gasteiger partial charge in [-0.2, -0.15) is 0 Å². The number of carbonyl (C=O) groups is 3. The van der Waals surface area contributed by atoms with Crippen molar-refractivity contribution in [2.24, 2.45) is 67.2 Å². The zero-order valence-corrected chi connectivity index (χ0v) is 32.9. The van der Waals surface area contributed by atoms with Crippen LogP contribution in [0.2, 0.25) is 0 Å². The number of Topliss-reactive ketones (excluding diaryl/α,β-unsaturated/α-hetero) is 2. The summed E-state index contributed by atoms with van der Waals surface area (Å²) in [6.07, 6.45) is 11.2. The third-order valence-electron chi connectivity index (χ3n) is 15.9. The normalized spacial score (nSPS) is 41.6. The van der Waals surface area contributed by atoms with Gasteiger partial charge in [0.25, 0.3) is 0 Å². The number of allylic oxidation sites excluding steroid dienone is 2. The number of hydrogen-bond acceptors (Lipinski definition) is 7. The minimum atomic E-state index is -1.26. The summed E-state index contributed by atoms with van der Waals surface area (Å²) >= 11 is 0. The fourth-order valence-electron chi connectivity index (χ4n) is 13.6. The van der Waals surface area contributed by atoms with Gasteiger partial charge in [-0.15, -0.1) is 0 Å². The fraction of sp³-hybridized carbons (Fsp3) is 0.600. The Kier molecular flexibility index (Phi) is 9.78. The topological polar surface area (TPSA) is 197 Å². The standard InChI is InChI=1S/C45H59N3O7/c1-25(39(54)55)22-30(49)34-26(2)44(21-16-29(34)48-40(46)47)24-33(52)42(5)36-35-31(50)23-45(42,44)19-11-7-10-18-43(35)20-17-32(51)41(3,4)38(43)28(37(36)53)15-14-27-12-8-6-9-13-27/h6,8-9,12-16,21-22,26,28-30,33-34,37-38,49,52-53H,7,10-11,17-20,23-24H2,1-5H3,(H,54,55)(H4,46,47,48)/b15-14+,25-22+/t26-,28-,29-,30-,33+,34-,37-,38-,42+,43-,44-,45+/m1/s1. The average molecular weight is 754 g/mol. The highest BCUT2D eigenvalue weighted by atomic mass is 16.4. The Morgan fingerprint density at radius 3 is 2.38 bits per heavy atom. The lowest BCUT2D eigenvalue weighted by atomic mass is 9.36. The molecule has 12 atom stereocenters. The number of aliphatic imine (C=N–C) groups is 1. The number of carboxylic acids is 1. The summed E-state index contributed by atoms with van der Waals surface area (Å²) in [5.41, 5.74) is 9.76. The van der Waals surface area contributed by atoms with Crippen LogP contribution in [0.3, 0.4) is 0 Å². The first kappa shape index (κ1) is 39.4. The van der Waals surface area contributed by atoms with Crippen molar-refractivity contribution in [2.45, 2.75) is 117 Å². The zero-order valence-electron chi connectivity index (χ0n) is 32.9. The molecule has 10 nitrogen and oxygen atoms in total. The van der Waals surface area contributed by atoms with Crippen LogP contribution in [-0.4, -0.2) is 68.3 Å².